The summed E-state index contributed by atoms with van der Waals surface area (Å²) in [4.78, 5) is 35.8. The van der Waals surface area contributed by atoms with Crippen LogP contribution >= 0.6 is 0 Å². The first-order valence-electron chi connectivity index (χ1n) is 8.46. The lowest BCUT2D eigenvalue weighted by Gasteiger charge is -2.08. The van der Waals surface area contributed by atoms with Gasteiger partial charge in [0.15, 0.2) is 6.61 Å². The number of anilines is 2. The van der Waals surface area contributed by atoms with Crippen molar-refractivity contribution in [3.63, 3.8) is 0 Å². The highest BCUT2D eigenvalue weighted by molar-refractivity contribution is 5.98. The number of carbonyl (C=O) groups is 3. The van der Waals surface area contributed by atoms with E-state index in [1.807, 2.05) is 19.1 Å². The second kappa shape index (κ2) is 7.82. The van der Waals surface area contributed by atoms with Gasteiger partial charge in [-0.05, 0) is 50.1 Å². The molecule has 0 aromatic heterocycles. The van der Waals surface area contributed by atoms with E-state index in [2.05, 4.69) is 10.6 Å². The van der Waals surface area contributed by atoms with Crippen molar-refractivity contribution >= 4 is 29.2 Å². The maximum Gasteiger partial charge on any atom is 0.338 e. The zero-order valence-corrected chi connectivity index (χ0v) is 14.5. The Kier molecular flexibility index (Phi) is 5.31. The highest BCUT2D eigenvalue weighted by atomic mass is 16.5. The number of carbonyl (C=O) groups excluding carboxylic acids is 3. The molecule has 0 bridgehead atoms. The normalized spacial score (nSPS) is 13.0. The Morgan fingerprint density at radius 2 is 1.73 bits per heavy atom. The van der Waals surface area contributed by atoms with Crippen molar-refractivity contribution in [3.8, 4) is 0 Å². The van der Waals surface area contributed by atoms with Crippen LogP contribution in [0.1, 0.15) is 28.8 Å². The van der Waals surface area contributed by atoms with E-state index in [0.717, 1.165) is 18.4 Å². The van der Waals surface area contributed by atoms with E-state index in [1.165, 1.54) is 0 Å². The molecule has 6 nitrogen and oxygen atoms in total. The van der Waals surface area contributed by atoms with Gasteiger partial charge in [-0.1, -0.05) is 23.8 Å². The lowest BCUT2D eigenvalue weighted by Crippen LogP contribution is -2.21. The van der Waals surface area contributed by atoms with Gasteiger partial charge in [0.05, 0.1) is 5.56 Å². The summed E-state index contributed by atoms with van der Waals surface area (Å²) in [6.45, 7) is 1.57. The van der Waals surface area contributed by atoms with Gasteiger partial charge in [0.2, 0.25) is 5.91 Å². The molecule has 1 fully saturated rings. The van der Waals surface area contributed by atoms with Crippen molar-refractivity contribution in [3.05, 3.63) is 59.7 Å². The van der Waals surface area contributed by atoms with Crippen molar-refractivity contribution in [1.29, 1.82) is 0 Å². The van der Waals surface area contributed by atoms with Gasteiger partial charge in [0.1, 0.15) is 0 Å². The minimum absolute atomic E-state index is 0.0343. The Hall–Kier alpha value is -3.15. The molecule has 2 amide bonds. The van der Waals surface area contributed by atoms with Gasteiger partial charge >= 0.3 is 5.97 Å². The summed E-state index contributed by atoms with van der Waals surface area (Å²) < 4.78 is 5.04. The number of benzene rings is 2. The van der Waals surface area contributed by atoms with E-state index in [9.17, 15) is 14.4 Å². The molecule has 0 atom stereocenters. The third kappa shape index (κ3) is 4.92. The number of ether oxygens (including phenoxy) is 1. The van der Waals surface area contributed by atoms with Crippen LogP contribution in [0, 0.1) is 12.8 Å². The molecule has 0 aliphatic heterocycles. The smallest absolute Gasteiger partial charge is 0.338 e. The Balaban J connectivity index is 1.51. The monoisotopic (exact) mass is 352 g/mol. The van der Waals surface area contributed by atoms with Crippen LogP contribution in [0.25, 0.3) is 0 Å². The second-order valence-electron chi connectivity index (χ2n) is 6.33. The van der Waals surface area contributed by atoms with E-state index < -0.39 is 11.9 Å². The van der Waals surface area contributed by atoms with Gasteiger partial charge in [-0.3, -0.25) is 9.59 Å². The quantitative estimate of drug-likeness (QED) is 0.782. The summed E-state index contributed by atoms with van der Waals surface area (Å²) in [5.74, 6) is -0.990. The maximum atomic E-state index is 12.1. The van der Waals surface area contributed by atoms with E-state index in [-0.39, 0.29) is 24.0 Å². The van der Waals surface area contributed by atoms with Crippen molar-refractivity contribution in [2.24, 2.45) is 5.92 Å². The van der Waals surface area contributed by atoms with Crippen LogP contribution in [0.3, 0.4) is 0 Å². The third-order valence-electron chi connectivity index (χ3n) is 3.98. The molecule has 26 heavy (non-hydrogen) atoms. The number of amides is 2. The van der Waals surface area contributed by atoms with Gasteiger partial charge in [0, 0.05) is 17.3 Å². The fraction of sp³-hybridized carbons (Fsp3) is 0.250. The summed E-state index contributed by atoms with van der Waals surface area (Å²) in [6.07, 6.45) is 1.81. The molecule has 0 unspecified atom stereocenters. The number of hydrogen-bond donors (Lipinski definition) is 2. The summed E-state index contributed by atoms with van der Waals surface area (Å²) in [5, 5.41) is 5.43. The topological polar surface area (TPSA) is 84.5 Å². The van der Waals surface area contributed by atoms with E-state index >= 15 is 0 Å². The van der Waals surface area contributed by atoms with Crippen LogP contribution in [0.5, 0.6) is 0 Å². The SMILES string of the molecule is Cc1ccc(NC(=O)COC(=O)c2cccc(NC(=O)C3CC3)c2)cc1. The molecule has 6 heteroatoms. The molecule has 0 spiro atoms. The van der Waals surface area contributed by atoms with Crippen LogP contribution in [0.4, 0.5) is 11.4 Å². The van der Waals surface area contributed by atoms with Gasteiger partial charge in [-0.25, -0.2) is 4.79 Å². The van der Waals surface area contributed by atoms with Crippen molar-refractivity contribution in [2.45, 2.75) is 19.8 Å². The molecule has 1 aliphatic rings. The first-order chi connectivity index (χ1) is 12.5. The zero-order valence-electron chi connectivity index (χ0n) is 14.5. The predicted octanol–water partition coefficient (Wildman–Crippen LogP) is 3.14. The summed E-state index contributed by atoms with van der Waals surface area (Å²) in [5.41, 5.74) is 2.55. The second-order valence-corrected chi connectivity index (χ2v) is 6.33. The van der Waals surface area contributed by atoms with Crippen LogP contribution < -0.4 is 10.6 Å². The molecule has 0 saturated heterocycles. The standard InChI is InChI=1S/C20H20N2O4/c1-13-5-9-16(10-6-13)21-18(23)12-26-20(25)15-3-2-4-17(11-15)22-19(24)14-7-8-14/h2-6,9-11,14H,7-8,12H2,1H3,(H,21,23)(H,22,24). The number of hydrogen-bond acceptors (Lipinski definition) is 4. The molecule has 2 N–H and O–H groups in total. The number of rotatable bonds is 6. The lowest BCUT2D eigenvalue weighted by molar-refractivity contribution is -0.119. The van der Waals surface area contributed by atoms with Crippen molar-refractivity contribution < 1.29 is 19.1 Å². The number of nitrogens with one attached hydrogen (secondary N) is 2. The number of aryl methyl sites for hydroxylation is 1. The molecular formula is C20H20N2O4. The van der Waals surface area contributed by atoms with Crippen molar-refractivity contribution in [1.82, 2.24) is 0 Å². The Morgan fingerprint density at radius 1 is 1.00 bits per heavy atom. The molecule has 2 aromatic carbocycles. The predicted molar refractivity (Wildman–Crippen MR) is 97.9 cm³/mol. The van der Waals surface area contributed by atoms with Gasteiger partial charge in [0.25, 0.3) is 5.91 Å². The summed E-state index contributed by atoms with van der Waals surface area (Å²) in [6, 6.07) is 13.8. The average Bonchev–Trinajstić information content (AvgIpc) is 3.47. The highest BCUT2D eigenvalue weighted by Gasteiger charge is 2.29. The molecule has 0 heterocycles. The molecule has 134 valence electrons. The summed E-state index contributed by atoms with van der Waals surface area (Å²) in [7, 11) is 0. The first kappa shape index (κ1) is 17.7. The zero-order chi connectivity index (χ0) is 18.5. The fourth-order valence-electron chi connectivity index (χ4n) is 2.36. The number of esters is 1. The van der Waals surface area contributed by atoms with Crippen LogP contribution in [0.2, 0.25) is 0 Å². The minimum atomic E-state index is -0.619. The first-order valence-corrected chi connectivity index (χ1v) is 8.46. The molecule has 0 radical (unpaired) electrons. The van der Waals surface area contributed by atoms with Gasteiger partial charge in [-0.15, -0.1) is 0 Å². The maximum absolute atomic E-state index is 12.1. The van der Waals surface area contributed by atoms with Crippen LogP contribution in [0.15, 0.2) is 48.5 Å². The molecule has 1 aliphatic carbocycles. The summed E-state index contributed by atoms with van der Waals surface area (Å²) >= 11 is 0. The lowest BCUT2D eigenvalue weighted by atomic mass is 10.2. The average molecular weight is 352 g/mol. The van der Waals surface area contributed by atoms with Gasteiger partial charge in [-0.2, -0.15) is 0 Å². The highest BCUT2D eigenvalue weighted by Crippen LogP contribution is 2.30. The Labute approximate surface area is 151 Å². The molecule has 2 aromatic rings. The van der Waals surface area contributed by atoms with E-state index in [0.29, 0.717) is 11.4 Å². The third-order valence-corrected chi connectivity index (χ3v) is 3.98. The fourth-order valence-corrected chi connectivity index (χ4v) is 2.36. The molecular weight excluding hydrogens is 332 g/mol. The molecule has 3 rings (SSSR count). The minimum Gasteiger partial charge on any atom is -0.452 e. The van der Waals surface area contributed by atoms with Gasteiger partial charge < -0.3 is 15.4 Å². The van der Waals surface area contributed by atoms with Crippen molar-refractivity contribution in [2.75, 3.05) is 17.2 Å². The van der Waals surface area contributed by atoms with Crippen LogP contribution in [-0.2, 0) is 14.3 Å². The van der Waals surface area contributed by atoms with E-state index in [1.54, 1.807) is 36.4 Å². The largest absolute Gasteiger partial charge is 0.452 e. The van der Waals surface area contributed by atoms with E-state index in [4.69, 9.17) is 4.74 Å². The van der Waals surface area contributed by atoms with Crippen LogP contribution in [-0.4, -0.2) is 24.4 Å². The Morgan fingerprint density at radius 3 is 2.42 bits per heavy atom. The molecule has 1 saturated carbocycles. The Bertz CT molecular complexity index is 826.